The second-order valence-electron chi connectivity index (χ2n) is 5.58. The highest BCUT2D eigenvalue weighted by molar-refractivity contribution is 6.21. The number of carbonyl (C=O) groups is 2. The third kappa shape index (κ3) is 3.45. The minimum Gasteiger partial charge on any atom is -0.508 e. The Labute approximate surface area is 130 Å². The van der Waals surface area contributed by atoms with E-state index in [0.717, 1.165) is 11.1 Å². The van der Waals surface area contributed by atoms with E-state index in [9.17, 15) is 19.8 Å². The van der Waals surface area contributed by atoms with Crippen LogP contribution in [-0.2, 0) is 9.59 Å². The lowest BCUT2D eigenvalue weighted by molar-refractivity contribution is -0.115. The molecule has 0 saturated heterocycles. The van der Waals surface area contributed by atoms with Crippen LogP contribution in [0.3, 0.4) is 0 Å². The number of ketones is 2. The molecule has 2 N–H and O–H groups in total. The summed E-state index contributed by atoms with van der Waals surface area (Å²) >= 11 is 0. The molecule has 0 spiro atoms. The first-order chi connectivity index (χ1) is 10.1. The maximum absolute atomic E-state index is 11.2. The largest absolute Gasteiger partial charge is 0.508 e. The van der Waals surface area contributed by atoms with Crippen molar-refractivity contribution < 1.29 is 19.8 Å². The number of aromatic hydroxyl groups is 2. The molecule has 1 aromatic carbocycles. The summed E-state index contributed by atoms with van der Waals surface area (Å²) < 4.78 is 0. The second kappa shape index (κ2) is 6.60. The molecule has 4 heteroatoms. The van der Waals surface area contributed by atoms with Gasteiger partial charge in [-0.1, -0.05) is 0 Å². The summed E-state index contributed by atoms with van der Waals surface area (Å²) in [4.78, 5) is 22.3. The zero-order valence-electron chi connectivity index (χ0n) is 13.9. The van der Waals surface area contributed by atoms with Crippen LogP contribution in [0.4, 0.5) is 0 Å². The molecule has 0 aromatic heterocycles. The van der Waals surface area contributed by atoms with Crippen molar-refractivity contribution in [2.45, 2.75) is 41.5 Å². The molecule has 2 rings (SSSR count). The molecule has 0 amide bonds. The van der Waals surface area contributed by atoms with Gasteiger partial charge in [-0.3, -0.25) is 9.59 Å². The molecule has 22 heavy (non-hydrogen) atoms. The fourth-order valence-corrected chi connectivity index (χ4v) is 2.07. The van der Waals surface area contributed by atoms with Crippen molar-refractivity contribution >= 4 is 11.6 Å². The van der Waals surface area contributed by atoms with Gasteiger partial charge in [0, 0.05) is 16.7 Å². The van der Waals surface area contributed by atoms with Crippen LogP contribution in [0.2, 0.25) is 0 Å². The maximum atomic E-state index is 11.2. The summed E-state index contributed by atoms with van der Waals surface area (Å²) in [5.74, 6) is 0.472. The zero-order valence-corrected chi connectivity index (χ0v) is 13.9. The number of hydrogen-bond acceptors (Lipinski definition) is 4. The molecule has 0 radical (unpaired) electrons. The average molecular weight is 302 g/mol. The van der Waals surface area contributed by atoms with Crippen molar-refractivity contribution in [1.29, 1.82) is 0 Å². The lowest BCUT2D eigenvalue weighted by atomic mass is 9.92. The number of Topliss-reactive ketones (excluding diaryl/α,β-unsaturated/α-hetero) is 1. The number of aryl methyl sites for hydroxylation is 1. The predicted octanol–water partition coefficient (Wildman–Crippen LogP) is 3.44. The van der Waals surface area contributed by atoms with Crippen LogP contribution in [-0.4, -0.2) is 21.8 Å². The quantitative estimate of drug-likeness (QED) is 0.568. The van der Waals surface area contributed by atoms with Crippen molar-refractivity contribution in [1.82, 2.24) is 0 Å². The topological polar surface area (TPSA) is 74.6 Å². The van der Waals surface area contributed by atoms with Crippen LogP contribution in [0.1, 0.15) is 37.5 Å². The monoisotopic (exact) mass is 302 g/mol. The Kier molecular flexibility index (Phi) is 5.31. The van der Waals surface area contributed by atoms with Crippen molar-refractivity contribution in [3.63, 3.8) is 0 Å². The molecule has 0 saturated carbocycles. The van der Waals surface area contributed by atoms with Gasteiger partial charge in [0.1, 0.15) is 11.5 Å². The lowest BCUT2D eigenvalue weighted by Gasteiger charge is -2.09. The van der Waals surface area contributed by atoms with Crippen molar-refractivity contribution in [2.24, 2.45) is 0 Å². The van der Waals surface area contributed by atoms with E-state index in [-0.39, 0.29) is 23.1 Å². The number of rotatable bonds is 0. The summed E-state index contributed by atoms with van der Waals surface area (Å²) in [6, 6.07) is 1.57. The van der Waals surface area contributed by atoms with Gasteiger partial charge in [-0.2, -0.15) is 0 Å². The minimum absolute atomic E-state index is 0.0119. The van der Waals surface area contributed by atoms with Crippen molar-refractivity contribution in [3.8, 4) is 11.5 Å². The van der Waals surface area contributed by atoms with Gasteiger partial charge >= 0.3 is 0 Å². The SMILES string of the molecule is CC1=CC(=O)C(C)=C(C)C1=O.Cc1cc(O)c(C)c(C)c1O. The van der Waals surface area contributed by atoms with E-state index in [4.69, 9.17) is 0 Å². The van der Waals surface area contributed by atoms with Gasteiger partial charge in [-0.15, -0.1) is 0 Å². The summed E-state index contributed by atoms with van der Waals surface area (Å²) in [7, 11) is 0. The molecule has 1 aliphatic rings. The highest BCUT2D eigenvalue weighted by Gasteiger charge is 2.19. The van der Waals surface area contributed by atoms with E-state index in [1.54, 1.807) is 47.6 Å². The second-order valence-corrected chi connectivity index (χ2v) is 5.58. The van der Waals surface area contributed by atoms with E-state index in [2.05, 4.69) is 0 Å². The van der Waals surface area contributed by atoms with Gasteiger partial charge < -0.3 is 10.2 Å². The standard InChI is InChI=1S/C9H12O2.C9H10O2/c2*1-5-4-8(10)6(2)7(3)9(5)11/h4,10-11H,1-3H3;4H,1-3H3. The molecular weight excluding hydrogens is 280 g/mol. The third-order valence-electron chi connectivity index (χ3n) is 4.01. The number of carbonyl (C=O) groups excluding carboxylic acids is 2. The molecule has 0 heterocycles. The van der Waals surface area contributed by atoms with Crippen molar-refractivity contribution in [3.05, 3.63) is 45.6 Å². The molecule has 1 aromatic rings. The first-order valence-corrected chi connectivity index (χ1v) is 7.01. The predicted molar refractivity (Wildman–Crippen MR) is 86.1 cm³/mol. The molecule has 0 atom stereocenters. The Morgan fingerprint density at radius 1 is 0.818 bits per heavy atom. The van der Waals surface area contributed by atoms with Crippen LogP contribution in [0.15, 0.2) is 28.9 Å². The van der Waals surface area contributed by atoms with E-state index in [0.29, 0.717) is 22.3 Å². The fourth-order valence-electron chi connectivity index (χ4n) is 2.07. The van der Waals surface area contributed by atoms with Gasteiger partial charge in [0.25, 0.3) is 0 Å². The molecule has 0 bridgehead atoms. The Morgan fingerprint density at radius 3 is 1.91 bits per heavy atom. The van der Waals surface area contributed by atoms with E-state index >= 15 is 0 Å². The summed E-state index contributed by atoms with van der Waals surface area (Å²) in [5.41, 5.74) is 3.90. The maximum Gasteiger partial charge on any atom is 0.184 e. The van der Waals surface area contributed by atoms with Crippen molar-refractivity contribution in [2.75, 3.05) is 0 Å². The molecule has 0 unspecified atom stereocenters. The van der Waals surface area contributed by atoms with Crippen LogP contribution in [0.25, 0.3) is 0 Å². The summed E-state index contributed by atoms with van der Waals surface area (Å²) in [6.07, 6.45) is 1.39. The zero-order chi connectivity index (χ0) is 17.2. The minimum atomic E-state index is -0.0420. The average Bonchev–Trinajstić information content (AvgIpc) is 2.47. The highest BCUT2D eigenvalue weighted by Crippen LogP contribution is 2.30. The Hall–Kier alpha value is -2.36. The lowest BCUT2D eigenvalue weighted by Crippen LogP contribution is -2.14. The molecule has 1 aliphatic carbocycles. The third-order valence-corrected chi connectivity index (χ3v) is 4.01. The van der Waals surface area contributed by atoms with Crippen LogP contribution in [0.5, 0.6) is 11.5 Å². The van der Waals surface area contributed by atoms with Gasteiger partial charge in [-0.25, -0.2) is 0 Å². The number of benzene rings is 1. The van der Waals surface area contributed by atoms with Gasteiger partial charge in [-0.05, 0) is 70.4 Å². The fraction of sp³-hybridized carbons (Fsp3) is 0.333. The summed E-state index contributed by atoms with van der Waals surface area (Å²) in [5, 5.41) is 18.7. The van der Waals surface area contributed by atoms with Gasteiger partial charge in [0.15, 0.2) is 11.6 Å². The molecule has 118 valence electrons. The van der Waals surface area contributed by atoms with Crippen LogP contribution < -0.4 is 0 Å². The van der Waals surface area contributed by atoms with E-state index in [1.165, 1.54) is 6.08 Å². The number of allylic oxidation sites excluding steroid dienone is 4. The Bertz CT molecular complexity index is 680. The highest BCUT2D eigenvalue weighted by atomic mass is 16.3. The normalized spacial score (nSPS) is 14.5. The smallest absolute Gasteiger partial charge is 0.184 e. The Balaban J connectivity index is 0.000000220. The first kappa shape index (κ1) is 17.7. The Morgan fingerprint density at radius 2 is 1.36 bits per heavy atom. The molecule has 0 fully saturated rings. The molecule has 0 aliphatic heterocycles. The number of phenolic OH excluding ortho intramolecular Hbond substituents is 2. The van der Waals surface area contributed by atoms with E-state index < -0.39 is 0 Å². The number of phenols is 2. The number of hydrogen-bond donors (Lipinski definition) is 2. The molecular formula is C18H22O4. The van der Waals surface area contributed by atoms with Gasteiger partial charge in [0.2, 0.25) is 0 Å². The van der Waals surface area contributed by atoms with Gasteiger partial charge in [0.05, 0.1) is 0 Å². The summed E-state index contributed by atoms with van der Waals surface area (Å²) in [6.45, 7) is 10.4. The van der Waals surface area contributed by atoms with Crippen LogP contribution in [0, 0.1) is 20.8 Å². The first-order valence-electron chi connectivity index (χ1n) is 7.01. The van der Waals surface area contributed by atoms with Crippen LogP contribution >= 0.6 is 0 Å². The molecule has 4 nitrogen and oxygen atoms in total. The van der Waals surface area contributed by atoms with E-state index in [1.807, 2.05) is 0 Å².